The summed E-state index contributed by atoms with van der Waals surface area (Å²) in [5, 5.41) is 18.5. The highest BCUT2D eigenvalue weighted by Gasteiger charge is 2.18. The fourth-order valence-corrected chi connectivity index (χ4v) is 1.88. The van der Waals surface area contributed by atoms with Crippen molar-refractivity contribution in [3.63, 3.8) is 0 Å². The number of aliphatic hydroxyl groups excluding tert-OH is 2. The van der Waals surface area contributed by atoms with Crippen LogP contribution in [0.5, 0.6) is 0 Å². The Bertz CT molecular complexity index is 101. The minimum absolute atomic E-state index is 0.231. The zero-order chi connectivity index (χ0) is 10.8. The van der Waals surface area contributed by atoms with E-state index in [4.69, 9.17) is 0 Å². The molecule has 0 aliphatic carbocycles. The van der Waals surface area contributed by atoms with Crippen LogP contribution >= 0.6 is 0 Å². The number of unbranched alkanes of at least 4 members (excludes halogenated alkanes) is 2. The van der Waals surface area contributed by atoms with Crippen molar-refractivity contribution in [2.75, 3.05) is 13.2 Å². The first-order valence-electron chi connectivity index (χ1n) is 6.01. The van der Waals surface area contributed by atoms with Gasteiger partial charge in [0.05, 0.1) is 0 Å². The maximum atomic E-state index is 9.24. The van der Waals surface area contributed by atoms with Gasteiger partial charge in [-0.15, -0.1) is 0 Å². The van der Waals surface area contributed by atoms with Crippen LogP contribution in [0.3, 0.4) is 0 Å². The van der Waals surface area contributed by atoms with Crippen molar-refractivity contribution in [2.45, 2.75) is 52.4 Å². The molecule has 0 aromatic carbocycles. The van der Waals surface area contributed by atoms with Gasteiger partial charge in [-0.25, -0.2) is 0 Å². The summed E-state index contributed by atoms with van der Waals surface area (Å²) < 4.78 is 0. The van der Waals surface area contributed by atoms with E-state index in [1.54, 1.807) is 0 Å². The molecule has 2 unspecified atom stereocenters. The number of hydrogen-bond acceptors (Lipinski definition) is 2. The van der Waals surface area contributed by atoms with Gasteiger partial charge in [-0.2, -0.15) is 0 Å². The van der Waals surface area contributed by atoms with Crippen molar-refractivity contribution in [1.82, 2.24) is 0 Å². The highest BCUT2D eigenvalue weighted by molar-refractivity contribution is 4.69. The van der Waals surface area contributed by atoms with Crippen molar-refractivity contribution >= 4 is 0 Å². The predicted octanol–water partition coefficient (Wildman–Crippen LogP) is 2.58. The lowest BCUT2D eigenvalue weighted by Crippen LogP contribution is -2.22. The Labute approximate surface area is 88.3 Å². The van der Waals surface area contributed by atoms with Crippen molar-refractivity contribution in [3.8, 4) is 0 Å². The van der Waals surface area contributed by atoms with Crippen LogP contribution in [0.1, 0.15) is 52.4 Å². The topological polar surface area (TPSA) is 40.5 Å². The minimum atomic E-state index is 0.231. The second-order valence-corrected chi connectivity index (χ2v) is 4.17. The molecule has 0 aliphatic rings. The number of aliphatic hydroxyl groups is 2. The second kappa shape index (κ2) is 9.47. The molecular weight excluding hydrogens is 176 g/mol. The number of rotatable bonds is 9. The van der Waals surface area contributed by atoms with E-state index in [-0.39, 0.29) is 13.2 Å². The van der Waals surface area contributed by atoms with Crippen LogP contribution in [0.15, 0.2) is 0 Å². The summed E-state index contributed by atoms with van der Waals surface area (Å²) >= 11 is 0. The standard InChI is InChI=1S/C12H26O2/c1-3-5-7-11(9-13)12(10-14)8-6-4-2/h11-14H,3-10H2,1-2H3. The van der Waals surface area contributed by atoms with E-state index < -0.39 is 0 Å². The van der Waals surface area contributed by atoms with Gasteiger partial charge in [0.15, 0.2) is 0 Å². The first-order valence-corrected chi connectivity index (χ1v) is 6.01. The third kappa shape index (κ3) is 5.61. The molecular formula is C12H26O2. The van der Waals surface area contributed by atoms with Crippen LogP contribution < -0.4 is 0 Å². The number of hydrogen-bond donors (Lipinski definition) is 2. The quantitative estimate of drug-likeness (QED) is 0.603. The fourth-order valence-electron chi connectivity index (χ4n) is 1.88. The Morgan fingerprint density at radius 1 is 0.786 bits per heavy atom. The van der Waals surface area contributed by atoms with E-state index in [2.05, 4.69) is 13.8 Å². The zero-order valence-electron chi connectivity index (χ0n) is 9.71. The van der Waals surface area contributed by atoms with Gasteiger partial charge >= 0.3 is 0 Å². The molecule has 2 heteroatoms. The third-order valence-electron chi connectivity index (χ3n) is 2.99. The summed E-state index contributed by atoms with van der Waals surface area (Å²) in [6, 6.07) is 0. The summed E-state index contributed by atoms with van der Waals surface area (Å²) in [5.74, 6) is 0.623. The van der Waals surface area contributed by atoms with Crippen LogP contribution in [-0.2, 0) is 0 Å². The van der Waals surface area contributed by atoms with Crippen LogP contribution in [0, 0.1) is 11.8 Å². The zero-order valence-corrected chi connectivity index (χ0v) is 9.71. The van der Waals surface area contributed by atoms with Gasteiger partial charge in [0.1, 0.15) is 0 Å². The van der Waals surface area contributed by atoms with Crippen molar-refractivity contribution in [3.05, 3.63) is 0 Å². The Morgan fingerprint density at radius 3 is 1.36 bits per heavy atom. The van der Waals surface area contributed by atoms with Crippen molar-refractivity contribution < 1.29 is 10.2 Å². The molecule has 0 rings (SSSR count). The smallest absolute Gasteiger partial charge is 0.0462 e. The van der Waals surface area contributed by atoms with E-state index in [1.165, 1.54) is 12.8 Å². The maximum absolute atomic E-state index is 9.24. The van der Waals surface area contributed by atoms with E-state index in [1.807, 2.05) is 0 Å². The summed E-state index contributed by atoms with van der Waals surface area (Å²) in [7, 11) is 0. The molecule has 0 radical (unpaired) electrons. The Kier molecular flexibility index (Phi) is 9.42. The lowest BCUT2D eigenvalue weighted by atomic mass is 9.85. The van der Waals surface area contributed by atoms with Crippen LogP contribution in [0.25, 0.3) is 0 Å². The summed E-state index contributed by atoms with van der Waals surface area (Å²) in [4.78, 5) is 0. The molecule has 0 aromatic rings. The molecule has 0 amide bonds. The molecule has 0 aliphatic heterocycles. The maximum Gasteiger partial charge on any atom is 0.0462 e. The van der Waals surface area contributed by atoms with Gasteiger partial charge in [-0.3, -0.25) is 0 Å². The second-order valence-electron chi connectivity index (χ2n) is 4.17. The molecule has 0 bridgehead atoms. The highest BCUT2D eigenvalue weighted by Crippen LogP contribution is 2.23. The molecule has 0 fully saturated rings. The molecule has 86 valence electrons. The van der Waals surface area contributed by atoms with Gasteiger partial charge in [-0.1, -0.05) is 39.5 Å². The van der Waals surface area contributed by atoms with Crippen LogP contribution in [0.4, 0.5) is 0 Å². The lowest BCUT2D eigenvalue weighted by Gasteiger charge is -2.23. The molecule has 0 saturated carbocycles. The molecule has 2 N–H and O–H groups in total. The molecule has 2 atom stereocenters. The van der Waals surface area contributed by atoms with Crippen LogP contribution in [0.2, 0.25) is 0 Å². The van der Waals surface area contributed by atoms with Gasteiger partial charge in [0, 0.05) is 13.2 Å². The molecule has 0 aromatic heterocycles. The first kappa shape index (κ1) is 13.9. The first-order chi connectivity index (χ1) is 6.79. The van der Waals surface area contributed by atoms with Gasteiger partial charge in [0.2, 0.25) is 0 Å². The summed E-state index contributed by atoms with van der Waals surface area (Å²) in [6.07, 6.45) is 6.77. The minimum Gasteiger partial charge on any atom is -0.396 e. The van der Waals surface area contributed by atoms with Gasteiger partial charge < -0.3 is 10.2 Å². The molecule has 0 heterocycles. The SMILES string of the molecule is CCCCC(CO)C(CO)CCCC. The van der Waals surface area contributed by atoms with Crippen molar-refractivity contribution in [1.29, 1.82) is 0 Å². The summed E-state index contributed by atoms with van der Waals surface area (Å²) in [5.41, 5.74) is 0. The van der Waals surface area contributed by atoms with E-state index in [0.717, 1.165) is 25.7 Å². The lowest BCUT2D eigenvalue weighted by molar-refractivity contribution is 0.105. The average molecular weight is 202 g/mol. The molecule has 0 saturated heterocycles. The van der Waals surface area contributed by atoms with E-state index >= 15 is 0 Å². The molecule has 14 heavy (non-hydrogen) atoms. The predicted molar refractivity (Wildman–Crippen MR) is 60.2 cm³/mol. The average Bonchev–Trinajstić information content (AvgIpc) is 2.23. The van der Waals surface area contributed by atoms with E-state index in [9.17, 15) is 10.2 Å². The Hall–Kier alpha value is -0.0800. The van der Waals surface area contributed by atoms with Gasteiger partial charge in [-0.05, 0) is 24.7 Å². The van der Waals surface area contributed by atoms with Crippen molar-refractivity contribution in [2.24, 2.45) is 11.8 Å². The largest absolute Gasteiger partial charge is 0.396 e. The van der Waals surface area contributed by atoms with Gasteiger partial charge in [0.25, 0.3) is 0 Å². The fraction of sp³-hybridized carbons (Fsp3) is 1.00. The Balaban J connectivity index is 3.87. The third-order valence-corrected chi connectivity index (χ3v) is 2.99. The molecule has 2 nitrogen and oxygen atoms in total. The monoisotopic (exact) mass is 202 g/mol. The molecule has 0 spiro atoms. The summed E-state index contributed by atoms with van der Waals surface area (Å²) in [6.45, 7) is 4.78. The normalized spacial score (nSPS) is 15.4. The Morgan fingerprint density at radius 2 is 1.14 bits per heavy atom. The highest BCUT2D eigenvalue weighted by atomic mass is 16.3. The van der Waals surface area contributed by atoms with E-state index in [0.29, 0.717) is 11.8 Å². The van der Waals surface area contributed by atoms with Crippen LogP contribution in [-0.4, -0.2) is 23.4 Å².